The lowest BCUT2D eigenvalue weighted by molar-refractivity contribution is -0.0905. The van der Waals surface area contributed by atoms with Crippen molar-refractivity contribution in [2.24, 2.45) is 0 Å². The van der Waals surface area contributed by atoms with E-state index in [4.69, 9.17) is 13.6 Å². The molecule has 0 N–H and O–H groups in total. The lowest BCUT2D eigenvalue weighted by Crippen LogP contribution is -2.40. The fourth-order valence-electron chi connectivity index (χ4n) is 7.39. The van der Waals surface area contributed by atoms with Gasteiger partial charge < -0.3 is 0 Å². The Balaban J connectivity index is 7.38. The highest BCUT2D eigenvalue weighted by atomic mass is 31.2. The first kappa shape index (κ1) is 47.1. The van der Waals surface area contributed by atoms with Gasteiger partial charge in [-0.2, -0.15) is 0 Å². The molecule has 0 amide bonds. The first-order chi connectivity index (χ1) is 22.7. The van der Waals surface area contributed by atoms with Crippen LogP contribution in [0.4, 0.5) is 0 Å². The van der Waals surface area contributed by atoms with Crippen molar-refractivity contribution in [3.63, 3.8) is 0 Å². The standard InChI is InChI=1S/C42H87O4P/c1-10-19-28-37-40(31-22-13-4,32-23-14-5)44-47(43,45-41(33-24-15-6,34-25-16-7)38-29-20-11-2)46-42(35-26-17-8,36-27-18-9)39-30-21-12-3/h10-39H2,1-9H3. The summed E-state index contributed by atoms with van der Waals surface area (Å²) in [5.74, 6) is 0. The second-order valence-corrected chi connectivity index (χ2v) is 16.7. The van der Waals surface area contributed by atoms with Gasteiger partial charge in [0.1, 0.15) is 0 Å². The van der Waals surface area contributed by atoms with Crippen LogP contribution in [0.2, 0.25) is 0 Å². The summed E-state index contributed by atoms with van der Waals surface area (Å²) in [6, 6.07) is 0. The quantitative estimate of drug-likeness (QED) is 0.0486. The molecule has 47 heavy (non-hydrogen) atoms. The van der Waals surface area contributed by atoms with Crippen LogP contribution in [0.3, 0.4) is 0 Å². The van der Waals surface area contributed by atoms with Gasteiger partial charge in [-0.25, -0.2) is 4.57 Å². The molecule has 0 heterocycles. The Bertz CT molecular complexity index is 619. The Kier molecular flexibility index (Phi) is 28.8. The van der Waals surface area contributed by atoms with Crippen LogP contribution in [0, 0.1) is 0 Å². The highest BCUT2D eigenvalue weighted by Crippen LogP contribution is 2.63. The van der Waals surface area contributed by atoms with Gasteiger partial charge in [0, 0.05) is 0 Å². The minimum Gasteiger partial charge on any atom is -0.280 e. The van der Waals surface area contributed by atoms with E-state index in [9.17, 15) is 0 Å². The molecule has 0 bridgehead atoms. The average molecular weight is 687 g/mol. The van der Waals surface area contributed by atoms with Gasteiger partial charge >= 0.3 is 7.82 Å². The summed E-state index contributed by atoms with van der Waals surface area (Å²) in [4.78, 5) is 0. The van der Waals surface area contributed by atoms with Gasteiger partial charge in [-0.05, 0) is 57.8 Å². The summed E-state index contributed by atoms with van der Waals surface area (Å²) < 4.78 is 38.1. The van der Waals surface area contributed by atoms with E-state index >= 15 is 4.57 Å². The van der Waals surface area contributed by atoms with E-state index in [1.54, 1.807) is 0 Å². The molecule has 0 saturated carbocycles. The lowest BCUT2D eigenvalue weighted by atomic mass is 9.86. The van der Waals surface area contributed by atoms with Crippen molar-refractivity contribution in [3.8, 4) is 0 Å². The van der Waals surface area contributed by atoms with E-state index in [0.29, 0.717) is 0 Å². The van der Waals surface area contributed by atoms with Crippen LogP contribution in [0.5, 0.6) is 0 Å². The predicted octanol–water partition coefficient (Wildman–Crippen LogP) is 16.2. The third-order valence-electron chi connectivity index (χ3n) is 10.5. The van der Waals surface area contributed by atoms with Crippen molar-refractivity contribution in [2.75, 3.05) is 0 Å². The van der Waals surface area contributed by atoms with Gasteiger partial charge in [-0.1, -0.05) is 197 Å². The molecule has 0 aliphatic rings. The topological polar surface area (TPSA) is 44.8 Å². The van der Waals surface area contributed by atoms with E-state index in [1.165, 1.54) is 38.5 Å². The minimum absolute atomic E-state index is 0.466. The minimum atomic E-state index is -3.97. The average Bonchev–Trinajstić information content (AvgIpc) is 3.06. The van der Waals surface area contributed by atoms with Crippen molar-refractivity contribution in [1.29, 1.82) is 0 Å². The Morgan fingerprint density at radius 1 is 0.298 bits per heavy atom. The van der Waals surface area contributed by atoms with Crippen molar-refractivity contribution < 1.29 is 18.1 Å². The van der Waals surface area contributed by atoms with Crippen LogP contribution < -0.4 is 0 Å². The zero-order valence-corrected chi connectivity index (χ0v) is 34.7. The molecule has 0 spiro atoms. The largest absolute Gasteiger partial charge is 0.476 e. The Morgan fingerprint density at radius 2 is 0.468 bits per heavy atom. The number of phosphoric ester groups is 1. The first-order valence-corrected chi connectivity index (χ1v) is 22.8. The van der Waals surface area contributed by atoms with E-state index in [0.717, 1.165) is 154 Å². The maximum atomic E-state index is 16.1. The molecule has 0 atom stereocenters. The highest BCUT2D eigenvalue weighted by Gasteiger charge is 2.50. The monoisotopic (exact) mass is 687 g/mol. The molecular formula is C42H87O4P. The van der Waals surface area contributed by atoms with E-state index in [2.05, 4.69) is 62.3 Å². The molecule has 0 rings (SSSR count). The fourth-order valence-corrected chi connectivity index (χ4v) is 9.74. The molecular weight excluding hydrogens is 599 g/mol. The second-order valence-electron chi connectivity index (χ2n) is 15.3. The summed E-state index contributed by atoms with van der Waals surface area (Å²) in [5, 5.41) is 0. The molecule has 0 aromatic rings. The van der Waals surface area contributed by atoms with E-state index < -0.39 is 24.6 Å². The molecule has 0 unspecified atom stereocenters. The van der Waals surface area contributed by atoms with Crippen LogP contribution >= 0.6 is 7.82 Å². The predicted molar refractivity (Wildman–Crippen MR) is 209 cm³/mol. The van der Waals surface area contributed by atoms with Crippen LogP contribution in [-0.2, 0) is 18.1 Å². The molecule has 0 radical (unpaired) electrons. The van der Waals surface area contributed by atoms with Gasteiger partial charge in [0.05, 0.1) is 16.8 Å². The fraction of sp³-hybridized carbons (Fsp3) is 1.00. The molecule has 0 aliphatic heterocycles. The number of hydrogen-bond donors (Lipinski definition) is 0. The summed E-state index contributed by atoms with van der Waals surface area (Å²) in [5.41, 5.74) is -1.40. The van der Waals surface area contributed by atoms with E-state index in [1.807, 2.05) is 0 Å². The molecule has 284 valence electrons. The van der Waals surface area contributed by atoms with Crippen molar-refractivity contribution in [3.05, 3.63) is 0 Å². The first-order valence-electron chi connectivity index (χ1n) is 21.4. The van der Waals surface area contributed by atoms with E-state index in [-0.39, 0.29) is 0 Å². The molecule has 0 saturated heterocycles. The Labute approximate surface area is 297 Å². The number of unbranched alkanes of at least 4 members (excludes halogenated alkanes) is 12. The summed E-state index contributed by atoms with van der Waals surface area (Å²) in [6.07, 6.45) is 31.9. The van der Waals surface area contributed by atoms with Crippen LogP contribution in [-0.4, -0.2) is 16.8 Å². The second kappa shape index (κ2) is 28.8. The summed E-state index contributed by atoms with van der Waals surface area (Å²) in [6.45, 7) is 20.4. The molecule has 0 aliphatic carbocycles. The number of rotatable bonds is 36. The van der Waals surface area contributed by atoms with Crippen LogP contribution in [0.1, 0.15) is 255 Å². The molecule has 4 nitrogen and oxygen atoms in total. The van der Waals surface area contributed by atoms with Gasteiger partial charge in [-0.3, -0.25) is 13.6 Å². The highest BCUT2D eigenvalue weighted by molar-refractivity contribution is 7.48. The third-order valence-corrected chi connectivity index (χ3v) is 12.4. The SMILES string of the molecule is CCCCCC(CCCC)(CCCC)OP(=O)(OC(CCCC)(CCCC)CCCCC)OC(CCCC)(CCCC)CCCCC. The molecule has 0 fully saturated rings. The van der Waals surface area contributed by atoms with Crippen molar-refractivity contribution >= 4 is 7.82 Å². The molecule has 0 aromatic carbocycles. The van der Waals surface area contributed by atoms with Crippen LogP contribution in [0.25, 0.3) is 0 Å². The summed E-state index contributed by atoms with van der Waals surface area (Å²) in [7, 11) is -3.97. The maximum Gasteiger partial charge on any atom is 0.476 e. The Hall–Kier alpha value is 0.110. The molecule has 5 heteroatoms. The smallest absolute Gasteiger partial charge is 0.280 e. The van der Waals surface area contributed by atoms with Gasteiger partial charge in [0.25, 0.3) is 0 Å². The van der Waals surface area contributed by atoms with Crippen LogP contribution in [0.15, 0.2) is 0 Å². The van der Waals surface area contributed by atoms with Gasteiger partial charge in [0.2, 0.25) is 0 Å². The van der Waals surface area contributed by atoms with Crippen molar-refractivity contribution in [2.45, 2.75) is 272 Å². The normalized spacial score (nSPS) is 13.1. The van der Waals surface area contributed by atoms with Gasteiger partial charge in [0.15, 0.2) is 0 Å². The Morgan fingerprint density at radius 3 is 0.638 bits per heavy atom. The van der Waals surface area contributed by atoms with Crippen molar-refractivity contribution in [1.82, 2.24) is 0 Å². The zero-order valence-electron chi connectivity index (χ0n) is 33.8. The summed E-state index contributed by atoms with van der Waals surface area (Å²) >= 11 is 0. The number of phosphoric acid groups is 1. The lowest BCUT2D eigenvalue weighted by Gasteiger charge is -2.45. The third kappa shape index (κ3) is 20.5. The van der Waals surface area contributed by atoms with Gasteiger partial charge in [-0.15, -0.1) is 0 Å². The zero-order chi connectivity index (χ0) is 35.3. The number of hydrogen-bond acceptors (Lipinski definition) is 4. The maximum absolute atomic E-state index is 16.1. The molecule has 0 aromatic heterocycles.